The molecular weight excluding hydrogens is 190 g/mol. The maximum absolute atomic E-state index is 8.42. The predicted octanol–water partition coefficient (Wildman–Crippen LogP) is 3.83. The fraction of sp³-hybridized carbons (Fsp3) is 0.0833. The summed E-state index contributed by atoms with van der Waals surface area (Å²) in [4.78, 5) is 0. The molecule has 1 aromatic heterocycles. The second-order valence-corrected chi connectivity index (χ2v) is 3.87. The maximum atomic E-state index is 8.42. The zero-order chi connectivity index (χ0) is 9.80. The third-order valence-electron chi connectivity index (χ3n) is 2.02. The number of nitrogens with zero attached hydrogens (tertiary/aromatic N) is 1. The summed E-state index contributed by atoms with van der Waals surface area (Å²) in [5, 5.41) is 11.8. The summed E-state index contributed by atoms with van der Waals surface area (Å²) in [6.07, 6.45) is 4.39. The first kappa shape index (κ1) is 8.98. The first-order chi connectivity index (χ1) is 6.92. The van der Waals surface area contributed by atoms with E-state index in [1.165, 1.54) is 15.6 Å². The molecule has 0 aliphatic carbocycles. The Morgan fingerprint density at radius 1 is 1.36 bits per heavy atom. The lowest BCUT2D eigenvalue weighted by Crippen LogP contribution is -1.71. The molecule has 0 aliphatic heterocycles. The molecule has 0 spiro atoms. The molecule has 2 rings (SSSR count). The van der Waals surface area contributed by atoms with Gasteiger partial charge in [0.1, 0.15) is 0 Å². The second kappa shape index (κ2) is 4.08. The fourth-order valence-corrected chi connectivity index (χ4v) is 2.28. The molecule has 0 aliphatic rings. The molecular formula is C12H9NS. The van der Waals surface area contributed by atoms with Crippen LogP contribution in [0.4, 0.5) is 0 Å². The summed E-state index contributed by atoms with van der Waals surface area (Å²) in [5.41, 5.74) is 1.20. The van der Waals surface area contributed by atoms with Crippen LogP contribution in [0.1, 0.15) is 12.0 Å². The van der Waals surface area contributed by atoms with Crippen LogP contribution in [-0.4, -0.2) is 0 Å². The van der Waals surface area contributed by atoms with Gasteiger partial charge in [0, 0.05) is 4.70 Å². The SMILES string of the molecule is N#CCC=Cc1cccc2ccsc12. The first-order valence-corrected chi connectivity index (χ1v) is 5.29. The average Bonchev–Trinajstić information content (AvgIpc) is 2.67. The van der Waals surface area contributed by atoms with Gasteiger partial charge in [0.05, 0.1) is 12.5 Å². The van der Waals surface area contributed by atoms with E-state index in [2.05, 4.69) is 29.6 Å². The second-order valence-electron chi connectivity index (χ2n) is 2.95. The van der Waals surface area contributed by atoms with Crippen molar-refractivity contribution in [1.82, 2.24) is 0 Å². The van der Waals surface area contributed by atoms with E-state index in [0.29, 0.717) is 6.42 Å². The lowest BCUT2D eigenvalue weighted by Gasteiger charge is -1.94. The van der Waals surface area contributed by atoms with Crippen LogP contribution in [0.2, 0.25) is 0 Å². The van der Waals surface area contributed by atoms with E-state index in [-0.39, 0.29) is 0 Å². The minimum Gasteiger partial charge on any atom is -0.198 e. The van der Waals surface area contributed by atoms with Crippen molar-refractivity contribution in [3.8, 4) is 6.07 Å². The Hall–Kier alpha value is -1.59. The molecule has 1 nitrogen and oxygen atoms in total. The monoisotopic (exact) mass is 199 g/mol. The largest absolute Gasteiger partial charge is 0.198 e. The van der Waals surface area contributed by atoms with Crippen LogP contribution in [0.5, 0.6) is 0 Å². The number of rotatable bonds is 2. The van der Waals surface area contributed by atoms with Gasteiger partial charge in [0.25, 0.3) is 0 Å². The Morgan fingerprint density at radius 2 is 2.29 bits per heavy atom. The van der Waals surface area contributed by atoms with Gasteiger partial charge in [-0.25, -0.2) is 0 Å². The van der Waals surface area contributed by atoms with Crippen LogP contribution in [-0.2, 0) is 0 Å². The first-order valence-electron chi connectivity index (χ1n) is 4.41. The molecule has 0 saturated heterocycles. The number of hydrogen-bond donors (Lipinski definition) is 0. The molecule has 0 radical (unpaired) electrons. The van der Waals surface area contributed by atoms with Gasteiger partial charge in [0.2, 0.25) is 0 Å². The van der Waals surface area contributed by atoms with Crippen molar-refractivity contribution in [2.75, 3.05) is 0 Å². The van der Waals surface area contributed by atoms with Crippen LogP contribution in [0.15, 0.2) is 35.7 Å². The van der Waals surface area contributed by atoms with E-state index in [1.54, 1.807) is 11.3 Å². The Kier molecular flexibility index (Phi) is 2.62. The molecule has 2 heteroatoms. The van der Waals surface area contributed by atoms with Gasteiger partial charge in [-0.2, -0.15) is 5.26 Å². The van der Waals surface area contributed by atoms with Crippen LogP contribution in [0.3, 0.4) is 0 Å². The third-order valence-corrected chi connectivity index (χ3v) is 3.00. The Bertz CT molecular complexity index is 502. The van der Waals surface area contributed by atoms with Gasteiger partial charge in [-0.05, 0) is 22.4 Å². The van der Waals surface area contributed by atoms with E-state index in [0.717, 1.165) is 0 Å². The molecule has 0 atom stereocenters. The number of thiophene rings is 1. The molecule has 1 heterocycles. The Morgan fingerprint density at radius 3 is 3.14 bits per heavy atom. The summed E-state index contributed by atoms with van der Waals surface area (Å²) in [7, 11) is 0. The molecule has 0 fully saturated rings. The standard InChI is InChI=1S/C12H9NS/c13-8-2-1-4-10-5-3-6-11-7-9-14-12(10)11/h1,3-7,9H,2H2. The highest BCUT2D eigenvalue weighted by Crippen LogP contribution is 2.25. The van der Waals surface area contributed by atoms with E-state index >= 15 is 0 Å². The zero-order valence-corrected chi connectivity index (χ0v) is 8.42. The van der Waals surface area contributed by atoms with E-state index in [9.17, 15) is 0 Å². The van der Waals surface area contributed by atoms with Gasteiger partial charge >= 0.3 is 0 Å². The van der Waals surface area contributed by atoms with E-state index < -0.39 is 0 Å². The smallest absolute Gasteiger partial charge is 0.0663 e. The number of nitriles is 1. The van der Waals surface area contributed by atoms with Crippen molar-refractivity contribution in [3.63, 3.8) is 0 Å². The quantitative estimate of drug-likeness (QED) is 0.721. The third kappa shape index (κ3) is 1.68. The topological polar surface area (TPSA) is 23.8 Å². The Balaban J connectivity index is 2.42. The van der Waals surface area contributed by atoms with Gasteiger partial charge in [-0.3, -0.25) is 0 Å². The molecule has 0 amide bonds. The van der Waals surface area contributed by atoms with Crippen molar-refractivity contribution < 1.29 is 0 Å². The lowest BCUT2D eigenvalue weighted by atomic mass is 10.1. The number of benzene rings is 1. The highest BCUT2D eigenvalue weighted by Gasteiger charge is 1.97. The summed E-state index contributed by atoms with van der Waals surface area (Å²) >= 11 is 1.74. The average molecular weight is 199 g/mol. The fourth-order valence-electron chi connectivity index (χ4n) is 1.39. The summed E-state index contributed by atoms with van der Waals surface area (Å²) in [6, 6.07) is 10.4. The molecule has 1 aromatic carbocycles. The lowest BCUT2D eigenvalue weighted by molar-refractivity contribution is 1.36. The van der Waals surface area contributed by atoms with Gasteiger partial charge < -0.3 is 0 Å². The summed E-state index contributed by atoms with van der Waals surface area (Å²) in [5.74, 6) is 0. The highest BCUT2D eigenvalue weighted by molar-refractivity contribution is 7.17. The Labute approximate surface area is 86.9 Å². The minimum absolute atomic E-state index is 0.474. The predicted molar refractivity (Wildman–Crippen MR) is 61.1 cm³/mol. The van der Waals surface area contributed by atoms with Crippen LogP contribution >= 0.6 is 11.3 Å². The van der Waals surface area contributed by atoms with Crippen LogP contribution < -0.4 is 0 Å². The van der Waals surface area contributed by atoms with Crippen molar-refractivity contribution in [3.05, 3.63) is 41.3 Å². The summed E-state index contributed by atoms with van der Waals surface area (Å²) in [6.45, 7) is 0. The molecule has 14 heavy (non-hydrogen) atoms. The molecule has 68 valence electrons. The maximum Gasteiger partial charge on any atom is 0.0663 e. The van der Waals surface area contributed by atoms with Crippen molar-refractivity contribution >= 4 is 27.5 Å². The molecule has 0 N–H and O–H groups in total. The van der Waals surface area contributed by atoms with Crippen LogP contribution in [0, 0.1) is 11.3 Å². The van der Waals surface area contributed by atoms with Gasteiger partial charge in [-0.1, -0.05) is 30.4 Å². The van der Waals surface area contributed by atoms with Crippen LogP contribution in [0.25, 0.3) is 16.2 Å². The van der Waals surface area contributed by atoms with Crippen molar-refractivity contribution in [2.45, 2.75) is 6.42 Å². The molecule has 0 bridgehead atoms. The van der Waals surface area contributed by atoms with Gasteiger partial charge in [0.15, 0.2) is 0 Å². The molecule has 2 aromatic rings. The van der Waals surface area contributed by atoms with Crippen molar-refractivity contribution in [1.29, 1.82) is 5.26 Å². The van der Waals surface area contributed by atoms with E-state index in [4.69, 9.17) is 5.26 Å². The number of fused-ring (bicyclic) bond motifs is 1. The molecule has 0 saturated carbocycles. The zero-order valence-electron chi connectivity index (χ0n) is 7.60. The van der Waals surface area contributed by atoms with Gasteiger partial charge in [-0.15, -0.1) is 11.3 Å². The van der Waals surface area contributed by atoms with E-state index in [1.807, 2.05) is 18.2 Å². The number of hydrogen-bond acceptors (Lipinski definition) is 2. The number of allylic oxidation sites excluding steroid dienone is 1. The van der Waals surface area contributed by atoms with Crippen molar-refractivity contribution in [2.24, 2.45) is 0 Å². The normalized spacial score (nSPS) is 10.8. The summed E-state index contributed by atoms with van der Waals surface area (Å²) < 4.78 is 1.29. The molecule has 0 unspecified atom stereocenters. The minimum atomic E-state index is 0.474. The highest BCUT2D eigenvalue weighted by atomic mass is 32.1.